The Morgan fingerprint density at radius 1 is 1.16 bits per heavy atom. The van der Waals surface area contributed by atoms with Gasteiger partial charge in [-0.3, -0.25) is 0 Å². The highest BCUT2D eigenvalue weighted by molar-refractivity contribution is 4.85. The molecule has 1 heterocycles. The molecule has 2 aliphatic rings. The molecule has 4 heteroatoms. The summed E-state index contributed by atoms with van der Waals surface area (Å²) in [6.45, 7) is 2.91. The monoisotopic (exact) mass is 271 g/mol. The van der Waals surface area contributed by atoms with Gasteiger partial charge in [-0.2, -0.15) is 0 Å². The molecule has 2 N–H and O–H groups in total. The number of aliphatic hydroxyl groups excluding tert-OH is 1. The third-order valence-corrected chi connectivity index (χ3v) is 4.65. The number of nitrogens with zero attached hydrogens (tertiary/aromatic N) is 1. The van der Waals surface area contributed by atoms with Gasteiger partial charge in [0.15, 0.2) is 0 Å². The van der Waals surface area contributed by atoms with Crippen LogP contribution in [0.25, 0.3) is 0 Å². The van der Waals surface area contributed by atoms with Gasteiger partial charge in [0.05, 0.1) is 11.7 Å². The quantitative estimate of drug-likeness (QED) is 0.759. The minimum Gasteiger partial charge on any atom is -0.393 e. The summed E-state index contributed by atoms with van der Waals surface area (Å²) in [7, 11) is 2.06. The lowest BCUT2D eigenvalue weighted by Gasteiger charge is -2.37. The Bertz CT molecular complexity index is 266. The average Bonchev–Trinajstić information content (AvgIpc) is 2.55. The first-order valence-electron chi connectivity index (χ1n) is 7.76. The second kappa shape index (κ2) is 7.02. The van der Waals surface area contributed by atoms with Crippen molar-refractivity contribution < 1.29 is 14.9 Å². The predicted octanol–water partition coefficient (Wildman–Crippen LogP) is 1.40. The molecule has 1 aliphatic carbocycles. The minimum absolute atomic E-state index is 0.158. The molecule has 1 saturated carbocycles. The van der Waals surface area contributed by atoms with Crippen LogP contribution in [0.5, 0.6) is 0 Å². The van der Waals surface area contributed by atoms with E-state index in [1.165, 1.54) is 12.8 Å². The summed E-state index contributed by atoms with van der Waals surface area (Å²) in [5.41, 5.74) is -0.595. The van der Waals surface area contributed by atoms with Crippen LogP contribution >= 0.6 is 0 Å². The molecule has 0 bridgehead atoms. The molecule has 0 aromatic rings. The highest BCUT2D eigenvalue weighted by Crippen LogP contribution is 2.26. The Balaban J connectivity index is 1.80. The maximum Gasteiger partial charge on any atom is 0.0817 e. The Kier molecular flexibility index (Phi) is 5.63. The smallest absolute Gasteiger partial charge is 0.0817 e. The molecule has 19 heavy (non-hydrogen) atoms. The average molecular weight is 271 g/mol. The van der Waals surface area contributed by atoms with Crippen LogP contribution in [-0.2, 0) is 4.74 Å². The van der Waals surface area contributed by atoms with E-state index in [4.69, 9.17) is 4.74 Å². The maximum atomic E-state index is 10.5. The first-order valence-corrected chi connectivity index (χ1v) is 7.76. The zero-order chi connectivity index (χ0) is 13.7. The summed E-state index contributed by atoms with van der Waals surface area (Å²) in [5, 5.41) is 20.7. The van der Waals surface area contributed by atoms with E-state index in [2.05, 4.69) is 11.9 Å². The number of rotatable bonds is 4. The zero-order valence-electron chi connectivity index (χ0n) is 12.2. The van der Waals surface area contributed by atoms with E-state index in [0.717, 1.165) is 38.6 Å². The third kappa shape index (κ3) is 4.71. The van der Waals surface area contributed by atoms with E-state index >= 15 is 0 Å². The second-order valence-corrected chi connectivity index (χ2v) is 6.50. The molecule has 2 rings (SSSR count). The second-order valence-electron chi connectivity index (χ2n) is 6.50. The van der Waals surface area contributed by atoms with E-state index in [0.29, 0.717) is 25.7 Å². The molecule has 0 spiro atoms. The van der Waals surface area contributed by atoms with E-state index < -0.39 is 5.60 Å². The molecule has 2 unspecified atom stereocenters. The number of likely N-dealkylation sites (N-methyl/N-ethyl adjacent to an activating group) is 1. The predicted molar refractivity (Wildman–Crippen MR) is 75.1 cm³/mol. The van der Waals surface area contributed by atoms with Crippen LogP contribution in [-0.4, -0.2) is 60.2 Å². The van der Waals surface area contributed by atoms with E-state index in [1.54, 1.807) is 0 Å². The zero-order valence-corrected chi connectivity index (χ0v) is 12.2. The molecular formula is C15H29NO3. The Morgan fingerprint density at radius 2 is 1.84 bits per heavy atom. The molecule has 112 valence electrons. The summed E-state index contributed by atoms with van der Waals surface area (Å²) >= 11 is 0. The van der Waals surface area contributed by atoms with Crippen molar-refractivity contribution in [1.29, 1.82) is 0 Å². The van der Waals surface area contributed by atoms with Crippen molar-refractivity contribution in [3.05, 3.63) is 0 Å². The van der Waals surface area contributed by atoms with Crippen molar-refractivity contribution in [3.8, 4) is 0 Å². The van der Waals surface area contributed by atoms with Crippen molar-refractivity contribution in [1.82, 2.24) is 4.90 Å². The molecule has 2 atom stereocenters. The van der Waals surface area contributed by atoms with Crippen molar-refractivity contribution in [2.24, 2.45) is 5.92 Å². The van der Waals surface area contributed by atoms with Gasteiger partial charge in [-0.1, -0.05) is 19.3 Å². The largest absolute Gasteiger partial charge is 0.393 e. The number of hydrogen-bond acceptors (Lipinski definition) is 4. The molecule has 1 aliphatic heterocycles. The van der Waals surface area contributed by atoms with Crippen LogP contribution in [0.4, 0.5) is 0 Å². The van der Waals surface area contributed by atoms with Gasteiger partial charge in [0.1, 0.15) is 0 Å². The van der Waals surface area contributed by atoms with Gasteiger partial charge in [-0.25, -0.2) is 0 Å². The topological polar surface area (TPSA) is 52.9 Å². The van der Waals surface area contributed by atoms with Crippen LogP contribution in [0.2, 0.25) is 0 Å². The highest BCUT2D eigenvalue weighted by Gasteiger charge is 2.32. The molecule has 0 radical (unpaired) electrons. The van der Waals surface area contributed by atoms with Gasteiger partial charge in [0.2, 0.25) is 0 Å². The molecule has 0 aromatic heterocycles. The molecule has 1 saturated heterocycles. The normalized spacial score (nSPS) is 32.2. The molecular weight excluding hydrogens is 242 g/mol. The van der Waals surface area contributed by atoms with Crippen LogP contribution < -0.4 is 0 Å². The number of hydrogen-bond donors (Lipinski definition) is 2. The molecule has 0 amide bonds. The van der Waals surface area contributed by atoms with Crippen molar-refractivity contribution in [2.75, 3.05) is 33.4 Å². The van der Waals surface area contributed by atoms with Gasteiger partial charge in [-0.05, 0) is 25.8 Å². The molecule has 2 fully saturated rings. The molecule has 0 aromatic carbocycles. The Labute approximate surface area is 116 Å². The fraction of sp³-hybridized carbons (Fsp3) is 1.00. The lowest BCUT2D eigenvalue weighted by atomic mass is 9.92. The van der Waals surface area contributed by atoms with E-state index in [1.807, 2.05) is 0 Å². The Morgan fingerprint density at radius 3 is 2.58 bits per heavy atom. The lowest BCUT2D eigenvalue weighted by molar-refractivity contribution is -0.0799. The third-order valence-electron chi connectivity index (χ3n) is 4.65. The SMILES string of the molecule is CN(CC1CCCCCC1O)CC1(O)CCOCC1. The Hall–Kier alpha value is -0.160. The van der Waals surface area contributed by atoms with Crippen LogP contribution in [0.1, 0.15) is 44.9 Å². The van der Waals surface area contributed by atoms with Gasteiger partial charge in [0, 0.05) is 39.1 Å². The minimum atomic E-state index is -0.595. The van der Waals surface area contributed by atoms with Crippen molar-refractivity contribution in [3.63, 3.8) is 0 Å². The summed E-state index contributed by atoms with van der Waals surface area (Å²) in [6, 6.07) is 0. The number of aliphatic hydroxyl groups is 2. The van der Waals surface area contributed by atoms with E-state index in [-0.39, 0.29) is 6.10 Å². The summed E-state index contributed by atoms with van der Waals surface area (Å²) in [4.78, 5) is 2.20. The summed E-state index contributed by atoms with van der Waals surface area (Å²) in [6.07, 6.45) is 6.99. The van der Waals surface area contributed by atoms with E-state index in [9.17, 15) is 10.2 Å². The number of ether oxygens (including phenoxy) is 1. The first-order chi connectivity index (χ1) is 9.09. The van der Waals surface area contributed by atoms with Crippen LogP contribution in [0, 0.1) is 5.92 Å². The molecule has 4 nitrogen and oxygen atoms in total. The standard InChI is InChI=1S/C15H29NO3/c1-16(12-15(18)7-9-19-10-8-15)11-13-5-3-2-4-6-14(13)17/h13-14,17-18H,2-12H2,1H3. The fourth-order valence-corrected chi connectivity index (χ4v) is 3.45. The fourth-order valence-electron chi connectivity index (χ4n) is 3.45. The van der Waals surface area contributed by atoms with Crippen molar-refractivity contribution >= 4 is 0 Å². The lowest BCUT2D eigenvalue weighted by Crippen LogP contribution is -2.47. The van der Waals surface area contributed by atoms with Gasteiger partial charge >= 0.3 is 0 Å². The highest BCUT2D eigenvalue weighted by atomic mass is 16.5. The summed E-state index contributed by atoms with van der Waals surface area (Å²) < 4.78 is 5.31. The van der Waals surface area contributed by atoms with Gasteiger partial charge in [-0.15, -0.1) is 0 Å². The van der Waals surface area contributed by atoms with Gasteiger partial charge in [0.25, 0.3) is 0 Å². The first kappa shape index (κ1) is 15.2. The van der Waals surface area contributed by atoms with Gasteiger partial charge < -0.3 is 19.8 Å². The van der Waals surface area contributed by atoms with Crippen LogP contribution in [0.15, 0.2) is 0 Å². The van der Waals surface area contributed by atoms with Crippen molar-refractivity contribution in [2.45, 2.75) is 56.7 Å². The maximum absolute atomic E-state index is 10.5. The van der Waals surface area contributed by atoms with Crippen LogP contribution in [0.3, 0.4) is 0 Å². The summed E-state index contributed by atoms with van der Waals surface area (Å²) in [5.74, 6) is 0.371.